The highest BCUT2D eigenvalue weighted by Crippen LogP contribution is 2.36. The molecule has 4 heterocycles. The number of fused-ring (bicyclic) bond motifs is 1. The molecular formula is C28H32ClFN8O3. The molecule has 2 aromatic heterocycles. The van der Waals surface area contributed by atoms with E-state index in [1.54, 1.807) is 4.90 Å². The minimum absolute atomic E-state index is 0.0000514. The van der Waals surface area contributed by atoms with E-state index in [1.807, 2.05) is 13.0 Å². The number of carbonyl (C=O) groups excluding carboxylic acids is 1. The molecule has 2 aliphatic heterocycles. The van der Waals surface area contributed by atoms with Crippen LogP contribution in [-0.2, 0) is 4.79 Å². The maximum atomic E-state index is 14.6. The Kier molecular flexibility index (Phi) is 8.50. The lowest BCUT2D eigenvalue weighted by Crippen LogP contribution is -2.51. The molecule has 0 radical (unpaired) electrons. The molecular weight excluding hydrogens is 551 g/mol. The molecule has 13 heteroatoms. The minimum Gasteiger partial charge on any atom is -0.462 e. The molecule has 0 aliphatic carbocycles. The summed E-state index contributed by atoms with van der Waals surface area (Å²) in [5, 5.41) is 7.89. The topological polar surface area (TPSA) is 112 Å². The number of benzene rings is 1. The number of likely N-dealkylation sites (N-methyl/N-ethyl adjacent to an activating group) is 1. The highest BCUT2D eigenvalue weighted by Gasteiger charge is 2.25. The first-order valence-corrected chi connectivity index (χ1v) is 13.8. The van der Waals surface area contributed by atoms with Crippen LogP contribution in [-0.4, -0.2) is 95.0 Å². The molecule has 3 aromatic rings. The van der Waals surface area contributed by atoms with Crippen LogP contribution in [0.25, 0.3) is 22.9 Å². The molecule has 0 saturated carbocycles. The van der Waals surface area contributed by atoms with Gasteiger partial charge in [0.1, 0.15) is 28.6 Å². The number of anilines is 1. The molecule has 41 heavy (non-hydrogen) atoms. The van der Waals surface area contributed by atoms with Crippen molar-refractivity contribution in [2.24, 2.45) is 4.99 Å². The predicted octanol–water partition coefficient (Wildman–Crippen LogP) is 2.10. The van der Waals surface area contributed by atoms with E-state index in [-0.39, 0.29) is 34.6 Å². The Labute approximate surface area is 241 Å². The lowest BCUT2D eigenvalue weighted by atomic mass is 10.2. The summed E-state index contributed by atoms with van der Waals surface area (Å²) in [4.78, 5) is 31.8. The quantitative estimate of drug-likeness (QED) is 0.317. The number of H-pyrrole nitrogens is 1. The van der Waals surface area contributed by atoms with Crippen molar-refractivity contribution in [1.82, 2.24) is 30.0 Å². The van der Waals surface area contributed by atoms with E-state index >= 15 is 0 Å². The van der Waals surface area contributed by atoms with Gasteiger partial charge in [0.05, 0.1) is 17.1 Å². The number of piperazine rings is 1. The summed E-state index contributed by atoms with van der Waals surface area (Å²) in [6.07, 6.45) is 6.77. The molecule has 1 aromatic carbocycles. The zero-order valence-electron chi connectivity index (χ0n) is 23.1. The normalized spacial score (nSPS) is 19.0. The van der Waals surface area contributed by atoms with Crippen molar-refractivity contribution in [2.45, 2.75) is 25.8 Å². The summed E-state index contributed by atoms with van der Waals surface area (Å²) in [5.41, 5.74) is 0.410. The molecule has 2 saturated heterocycles. The monoisotopic (exact) mass is 582 g/mol. The number of hydrogen-bond donors (Lipinski definition) is 1. The average molecular weight is 583 g/mol. The number of likely N-dealkylation sites (tertiary alicyclic amines) is 1. The molecule has 1 amide bonds. The highest BCUT2D eigenvalue weighted by atomic mass is 35.5. The second-order valence-electron chi connectivity index (χ2n) is 9.88. The van der Waals surface area contributed by atoms with Crippen LogP contribution in [0.1, 0.15) is 19.8 Å². The predicted molar refractivity (Wildman–Crippen MR) is 156 cm³/mol. The van der Waals surface area contributed by atoms with Crippen molar-refractivity contribution in [3.8, 4) is 11.8 Å². The fourth-order valence-electron chi connectivity index (χ4n) is 5.16. The van der Waals surface area contributed by atoms with E-state index in [0.29, 0.717) is 60.1 Å². The first kappa shape index (κ1) is 28.5. The summed E-state index contributed by atoms with van der Waals surface area (Å²) in [5.74, 6) is -0.158. The number of halogens is 2. The molecule has 1 atom stereocenters. The largest absolute Gasteiger partial charge is 0.462 e. The maximum Gasteiger partial charge on any atom is 0.319 e. The van der Waals surface area contributed by atoms with Gasteiger partial charge in [0, 0.05) is 43.5 Å². The third-order valence-electron chi connectivity index (χ3n) is 7.47. The number of aromatic amines is 1. The number of rotatable bonds is 8. The molecule has 0 spiro atoms. The van der Waals surface area contributed by atoms with Gasteiger partial charge in [0.15, 0.2) is 5.75 Å². The second-order valence-corrected chi connectivity index (χ2v) is 10.3. The lowest BCUT2D eigenvalue weighted by molar-refractivity contribution is -0.126. The van der Waals surface area contributed by atoms with Crippen LogP contribution in [0.5, 0.6) is 11.8 Å². The third-order valence-corrected chi connectivity index (χ3v) is 7.83. The molecule has 2 fully saturated rings. The number of ether oxygens (including phenoxy) is 2. The molecule has 11 nitrogen and oxygen atoms in total. The van der Waals surface area contributed by atoms with E-state index in [1.165, 1.54) is 18.3 Å². The Morgan fingerprint density at radius 2 is 2.07 bits per heavy atom. The Morgan fingerprint density at radius 1 is 1.29 bits per heavy atom. The second kappa shape index (κ2) is 12.2. The summed E-state index contributed by atoms with van der Waals surface area (Å²) in [7, 11) is 2.07. The maximum absolute atomic E-state index is 14.6. The molecule has 5 rings (SSSR count). The molecule has 0 bridgehead atoms. The lowest BCUT2D eigenvalue weighted by Gasteiger charge is -2.35. The van der Waals surface area contributed by atoms with Crippen LogP contribution in [0.3, 0.4) is 0 Å². The fraction of sp³-hybridized carbons (Fsp3) is 0.393. The zero-order chi connectivity index (χ0) is 29.1. The third kappa shape index (κ3) is 5.75. The highest BCUT2D eigenvalue weighted by molar-refractivity contribution is 6.33. The Hall–Kier alpha value is -4.03. The zero-order valence-corrected chi connectivity index (χ0v) is 23.8. The van der Waals surface area contributed by atoms with Gasteiger partial charge in [-0.15, -0.1) is 0 Å². The number of carbonyl (C=O) groups is 1. The van der Waals surface area contributed by atoms with Crippen LogP contribution in [0, 0.1) is 5.82 Å². The number of aromatic nitrogens is 4. The fourth-order valence-corrected chi connectivity index (χ4v) is 5.35. The van der Waals surface area contributed by atoms with Crippen molar-refractivity contribution < 1.29 is 18.7 Å². The van der Waals surface area contributed by atoms with Gasteiger partial charge >= 0.3 is 6.01 Å². The Morgan fingerprint density at radius 3 is 2.73 bits per heavy atom. The van der Waals surface area contributed by atoms with Gasteiger partial charge in [-0.25, -0.2) is 9.38 Å². The number of nitrogens with zero attached hydrogens (tertiary/aromatic N) is 7. The molecule has 2 aliphatic rings. The van der Waals surface area contributed by atoms with Crippen molar-refractivity contribution in [3.05, 3.63) is 46.3 Å². The van der Waals surface area contributed by atoms with E-state index in [0.717, 1.165) is 19.4 Å². The van der Waals surface area contributed by atoms with Crippen LogP contribution < -0.4 is 24.9 Å². The SMILES string of the molecule is C=CC(=O)N1CCN(c2nc(OC[C@H]3CCCN3C)nc(=C(/N=C)Oc3c(Cl)c(F)cc4[nH]ncc34)/c2=C\C)CC1. The van der Waals surface area contributed by atoms with Crippen LogP contribution in [0.15, 0.2) is 29.9 Å². The summed E-state index contributed by atoms with van der Waals surface area (Å²) in [6.45, 7) is 12.6. The van der Waals surface area contributed by atoms with Crippen molar-refractivity contribution in [3.63, 3.8) is 0 Å². The first-order chi connectivity index (χ1) is 19.8. The Bertz CT molecular complexity index is 1600. The number of hydrogen-bond acceptors (Lipinski definition) is 9. The van der Waals surface area contributed by atoms with E-state index < -0.39 is 5.82 Å². The van der Waals surface area contributed by atoms with Gasteiger partial charge in [-0.2, -0.15) is 15.1 Å². The molecule has 0 unspecified atom stereocenters. The number of aliphatic imine (C=N–C) groups is 1. The van der Waals surface area contributed by atoms with E-state index in [2.05, 4.69) is 50.3 Å². The van der Waals surface area contributed by atoms with Crippen LogP contribution >= 0.6 is 11.6 Å². The van der Waals surface area contributed by atoms with Crippen molar-refractivity contribution in [2.75, 3.05) is 51.3 Å². The molecule has 216 valence electrons. The smallest absolute Gasteiger partial charge is 0.319 e. The van der Waals surface area contributed by atoms with Gasteiger partial charge in [0.2, 0.25) is 11.8 Å². The Balaban J connectivity index is 1.61. The van der Waals surface area contributed by atoms with Crippen molar-refractivity contribution >= 4 is 52.9 Å². The number of amides is 1. The van der Waals surface area contributed by atoms with Gasteiger partial charge < -0.3 is 24.2 Å². The minimum atomic E-state index is -0.677. The van der Waals surface area contributed by atoms with Gasteiger partial charge in [-0.3, -0.25) is 9.89 Å². The van der Waals surface area contributed by atoms with Gasteiger partial charge in [-0.05, 0) is 46.2 Å². The summed E-state index contributed by atoms with van der Waals surface area (Å²) >= 11 is 6.33. The van der Waals surface area contributed by atoms with E-state index in [4.69, 9.17) is 26.1 Å². The first-order valence-electron chi connectivity index (χ1n) is 13.4. The van der Waals surface area contributed by atoms with Gasteiger partial charge in [-0.1, -0.05) is 24.3 Å². The van der Waals surface area contributed by atoms with E-state index in [9.17, 15) is 9.18 Å². The standard InChI is InChI=1S/C28H32ClFN8O3/c1-5-18-24(27(31-3)41-25-19-15-32-35-21(19)14-20(30)23(25)29)33-28(40-16-17-8-7-9-36(17)4)34-26(18)38-12-10-37(11-13-38)22(39)6-2/h5-6,14-15,17H,2-3,7-13,16H2,1,4H3,(H,32,35)/b18-5+,27-24-/t17-/m1/s1. The molecule has 1 N–H and O–H groups in total. The summed E-state index contributed by atoms with van der Waals surface area (Å²) in [6, 6.07) is 1.64. The van der Waals surface area contributed by atoms with Crippen molar-refractivity contribution in [1.29, 1.82) is 0 Å². The van der Waals surface area contributed by atoms with Crippen LogP contribution in [0.4, 0.5) is 10.2 Å². The van der Waals surface area contributed by atoms with Crippen LogP contribution in [0.2, 0.25) is 5.02 Å². The average Bonchev–Trinajstić information content (AvgIpc) is 3.63. The number of nitrogens with one attached hydrogen (secondary N) is 1. The van der Waals surface area contributed by atoms with Gasteiger partial charge in [0.25, 0.3) is 0 Å². The summed E-state index contributed by atoms with van der Waals surface area (Å²) < 4.78 is 26.9.